The molecule has 8 nitrogen and oxygen atoms in total. The monoisotopic (exact) mass is 294 g/mol. The van der Waals surface area contributed by atoms with Gasteiger partial charge in [0.15, 0.2) is 0 Å². The molecule has 8 heteroatoms. The van der Waals surface area contributed by atoms with Crippen molar-refractivity contribution in [2.45, 2.75) is 13.3 Å². The standard InChI is InChI=1S/C13H18N4O4/c1-10-8-11(17(20)21)13(14-9-10)16-6-4-15(5-7-16)3-2-12(18)19/h8-9H,2-7H2,1H3,(H,18,19). The van der Waals surface area contributed by atoms with Gasteiger partial charge in [0.2, 0.25) is 5.82 Å². The number of pyridine rings is 1. The smallest absolute Gasteiger partial charge is 0.311 e. The second kappa shape index (κ2) is 6.49. The van der Waals surface area contributed by atoms with Crippen LogP contribution in [-0.2, 0) is 4.79 Å². The molecule has 0 unspecified atom stereocenters. The Kier molecular flexibility index (Phi) is 4.69. The zero-order chi connectivity index (χ0) is 15.4. The van der Waals surface area contributed by atoms with Gasteiger partial charge in [0.05, 0.1) is 11.3 Å². The van der Waals surface area contributed by atoms with E-state index in [1.54, 1.807) is 13.1 Å². The lowest BCUT2D eigenvalue weighted by Gasteiger charge is -2.34. The number of carboxylic acids is 1. The third kappa shape index (κ3) is 3.88. The maximum Gasteiger partial charge on any atom is 0.311 e. The second-order valence-corrected chi connectivity index (χ2v) is 5.08. The van der Waals surface area contributed by atoms with E-state index in [4.69, 9.17) is 5.11 Å². The van der Waals surface area contributed by atoms with Crippen LogP contribution in [0, 0.1) is 17.0 Å². The molecule has 1 N–H and O–H groups in total. The van der Waals surface area contributed by atoms with Gasteiger partial charge in [-0.15, -0.1) is 0 Å². The Labute approximate surface area is 122 Å². The molecule has 0 aliphatic carbocycles. The minimum absolute atomic E-state index is 0.0222. The molecule has 1 fully saturated rings. The van der Waals surface area contributed by atoms with E-state index in [1.165, 1.54) is 6.07 Å². The summed E-state index contributed by atoms with van der Waals surface area (Å²) >= 11 is 0. The Bertz CT molecular complexity index is 541. The fraction of sp³-hybridized carbons (Fsp3) is 0.538. The minimum Gasteiger partial charge on any atom is -0.481 e. The number of nitrogens with zero attached hydrogens (tertiary/aromatic N) is 4. The molecule has 0 atom stereocenters. The predicted molar refractivity (Wildman–Crippen MR) is 76.5 cm³/mol. The lowest BCUT2D eigenvalue weighted by Crippen LogP contribution is -2.47. The molecule has 21 heavy (non-hydrogen) atoms. The highest BCUT2D eigenvalue weighted by Gasteiger charge is 2.25. The Balaban J connectivity index is 2.02. The number of piperazine rings is 1. The van der Waals surface area contributed by atoms with Crippen molar-refractivity contribution >= 4 is 17.5 Å². The van der Waals surface area contributed by atoms with Gasteiger partial charge in [-0.2, -0.15) is 0 Å². The van der Waals surface area contributed by atoms with Crippen LogP contribution in [0.4, 0.5) is 11.5 Å². The Morgan fingerprint density at radius 3 is 2.67 bits per heavy atom. The summed E-state index contributed by atoms with van der Waals surface area (Å²) in [6.07, 6.45) is 1.74. The van der Waals surface area contributed by atoms with E-state index in [0.29, 0.717) is 38.5 Å². The van der Waals surface area contributed by atoms with Crippen LogP contribution in [0.25, 0.3) is 0 Å². The largest absolute Gasteiger partial charge is 0.481 e. The van der Waals surface area contributed by atoms with Gasteiger partial charge in [-0.05, 0) is 12.5 Å². The summed E-state index contributed by atoms with van der Waals surface area (Å²) in [7, 11) is 0. The van der Waals surface area contributed by atoms with E-state index in [0.717, 1.165) is 5.56 Å². The molecule has 1 saturated heterocycles. The van der Waals surface area contributed by atoms with Gasteiger partial charge in [0.1, 0.15) is 0 Å². The van der Waals surface area contributed by atoms with Crippen LogP contribution >= 0.6 is 0 Å². The average Bonchev–Trinajstić information content (AvgIpc) is 2.45. The van der Waals surface area contributed by atoms with Gasteiger partial charge in [0, 0.05) is 45.0 Å². The van der Waals surface area contributed by atoms with Crippen molar-refractivity contribution in [3.63, 3.8) is 0 Å². The van der Waals surface area contributed by atoms with E-state index in [2.05, 4.69) is 4.98 Å². The number of hydrogen-bond donors (Lipinski definition) is 1. The summed E-state index contributed by atoms with van der Waals surface area (Å²) in [5, 5.41) is 19.8. The predicted octanol–water partition coefficient (Wildman–Crippen LogP) is 0.895. The van der Waals surface area contributed by atoms with Crippen molar-refractivity contribution in [1.82, 2.24) is 9.88 Å². The molecule has 2 rings (SSSR count). The highest BCUT2D eigenvalue weighted by atomic mass is 16.6. The van der Waals surface area contributed by atoms with Crippen LogP contribution in [0.2, 0.25) is 0 Å². The van der Waals surface area contributed by atoms with Gasteiger partial charge < -0.3 is 10.0 Å². The number of aryl methyl sites for hydroxylation is 1. The summed E-state index contributed by atoms with van der Waals surface area (Å²) in [5.41, 5.74) is 0.777. The summed E-state index contributed by atoms with van der Waals surface area (Å²) in [5.74, 6) is -0.420. The fourth-order valence-electron chi connectivity index (χ4n) is 2.36. The fourth-order valence-corrected chi connectivity index (χ4v) is 2.36. The van der Waals surface area contributed by atoms with Gasteiger partial charge in [0.25, 0.3) is 0 Å². The first kappa shape index (κ1) is 15.2. The maximum atomic E-state index is 11.1. The average molecular weight is 294 g/mol. The number of carbonyl (C=O) groups is 1. The summed E-state index contributed by atoms with van der Waals surface area (Å²) in [4.78, 5) is 29.4. The van der Waals surface area contributed by atoms with Crippen LogP contribution < -0.4 is 4.90 Å². The topological polar surface area (TPSA) is 99.8 Å². The third-order valence-electron chi connectivity index (χ3n) is 3.49. The second-order valence-electron chi connectivity index (χ2n) is 5.08. The SMILES string of the molecule is Cc1cnc(N2CCN(CCC(=O)O)CC2)c([N+](=O)[O-])c1. The Morgan fingerprint density at radius 1 is 1.43 bits per heavy atom. The maximum absolute atomic E-state index is 11.1. The van der Waals surface area contributed by atoms with Crippen molar-refractivity contribution < 1.29 is 14.8 Å². The molecule has 114 valence electrons. The van der Waals surface area contributed by atoms with E-state index in [1.807, 2.05) is 9.80 Å². The molecule has 0 bridgehead atoms. The zero-order valence-corrected chi connectivity index (χ0v) is 11.9. The van der Waals surface area contributed by atoms with E-state index >= 15 is 0 Å². The summed E-state index contributed by atoms with van der Waals surface area (Å²) in [6.45, 7) is 4.85. The molecule has 0 spiro atoms. The Morgan fingerprint density at radius 2 is 2.10 bits per heavy atom. The molecule has 1 aromatic heterocycles. The number of nitro groups is 1. The van der Waals surface area contributed by atoms with Gasteiger partial charge in [-0.3, -0.25) is 19.8 Å². The normalized spacial score (nSPS) is 16.0. The molecule has 0 amide bonds. The van der Waals surface area contributed by atoms with Crippen LogP contribution in [0.5, 0.6) is 0 Å². The van der Waals surface area contributed by atoms with Gasteiger partial charge in [-0.25, -0.2) is 4.98 Å². The highest BCUT2D eigenvalue weighted by molar-refractivity contribution is 5.66. The molecule has 1 aromatic rings. The first-order chi connectivity index (χ1) is 9.97. The molecular formula is C13H18N4O4. The Hall–Kier alpha value is -2.22. The quantitative estimate of drug-likeness (QED) is 0.636. The number of aromatic nitrogens is 1. The summed E-state index contributed by atoms with van der Waals surface area (Å²) in [6, 6.07) is 1.53. The van der Waals surface area contributed by atoms with Gasteiger partial charge in [-0.1, -0.05) is 0 Å². The lowest BCUT2D eigenvalue weighted by atomic mass is 10.2. The molecule has 2 heterocycles. The molecular weight excluding hydrogens is 276 g/mol. The van der Waals surface area contributed by atoms with Crippen molar-refractivity contribution in [2.75, 3.05) is 37.6 Å². The van der Waals surface area contributed by atoms with Crippen molar-refractivity contribution in [3.05, 3.63) is 27.9 Å². The van der Waals surface area contributed by atoms with Crippen molar-refractivity contribution in [2.24, 2.45) is 0 Å². The molecule has 0 aromatic carbocycles. The van der Waals surface area contributed by atoms with Crippen LogP contribution in [0.1, 0.15) is 12.0 Å². The zero-order valence-electron chi connectivity index (χ0n) is 11.9. The van der Waals surface area contributed by atoms with Crippen LogP contribution in [0.3, 0.4) is 0 Å². The van der Waals surface area contributed by atoms with E-state index in [-0.39, 0.29) is 12.1 Å². The highest BCUT2D eigenvalue weighted by Crippen LogP contribution is 2.27. The molecule has 0 saturated carbocycles. The van der Waals surface area contributed by atoms with Crippen molar-refractivity contribution in [1.29, 1.82) is 0 Å². The third-order valence-corrected chi connectivity index (χ3v) is 3.49. The molecule has 1 aliphatic heterocycles. The number of anilines is 1. The van der Waals surface area contributed by atoms with Crippen molar-refractivity contribution in [3.8, 4) is 0 Å². The number of hydrogen-bond acceptors (Lipinski definition) is 6. The minimum atomic E-state index is -0.812. The molecule has 1 aliphatic rings. The number of rotatable bonds is 5. The van der Waals surface area contributed by atoms with E-state index < -0.39 is 10.9 Å². The van der Waals surface area contributed by atoms with Crippen LogP contribution in [-0.4, -0.2) is 58.6 Å². The summed E-state index contributed by atoms with van der Waals surface area (Å²) < 4.78 is 0. The van der Waals surface area contributed by atoms with Crippen LogP contribution in [0.15, 0.2) is 12.3 Å². The first-order valence-electron chi connectivity index (χ1n) is 6.77. The molecule has 0 radical (unpaired) electrons. The number of aliphatic carboxylic acids is 1. The first-order valence-corrected chi connectivity index (χ1v) is 6.77. The van der Waals surface area contributed by atoms with Gasteiger partial charge >= 0.3 is 11.7 Å². The van der Waals surface area contributed by atoms with E-state index in [9.17, 15) is 14.9 Å². The number of carboxylic acid groups (broad SMARTS) is 1. The lowest BCUT2D eigenvalue weighted by molar-refractivity contribution is -0.384.